The van der Waals surface area contributed by atoms with Gasteiger partial charge in [0.15, 0.2) is 0 Å². The molecule has 2 rings (SSSR count). The van der Waals surface area contributed by atoms with E-state index in [0.717, 1.165) is 11.1 Å². The fourth-order valence-corrected chi connectivity index (χ4v) is 2.70. The topological polar surface area (TPSA) is 68.3 Å². The van der Waals surface area contributed by atoms with E-state index in [2.05, 4.69) is 10.3 Å². The predicted molar refractivity (Wildman–Crippen MR) is 77.3 cm³/mol. The third-order valence-electron chi connectivity index (χ3n) is 2.82. The number of rotatable bonds is 3. The lowest BCUT2D eigenvalue weighted by Crippen LogP contribution is -2.16. The van der Waals surface area contributed by atoms with Gasteiger partial charge in [0.2, 0.25) is 0 Å². The van der Waals surface area contributed by atoms with Crippen molar-refractivity contribution in [1.82, 2.24) is 4.98 Å². The molecule has 0 unspecified atom stereocenters. The Kier molecular flexibility index (Phi) is 4.14. The Labute approximate surface area is 120 Å². The van der Waals surface area contributed by atoms with E-state index >= 15 is 0 Å². The van der Waals surface area contributed by atoms with Crippen LogP contribution < -0.4 is 5.32 Å². The van der Waals surface area contributed by atoms with Gasteiger partial charge in [-0.1, -0.05) is 6.07 Å². The quantitative estimate of drug-likeness (QED) is 0.883. The average Bonchev–Trinajstić information content (AvgIpc) is 2.79. The number of hydrogen-bond acceptors (Lipinski definition) is 5. The van der Waals surface area contributed by atoms with Crippen LogP contribution in [-0.2, 0) is 4.74 Å². The van der Waals surface area contributed by atoms with Crippen LogP contribution >= 0.6 is 11.3 Å². The van der Waals surface area contributed by atoms with Gasteiger partial charge in [-0.05, 0) is 36.4 Å². The van der Waals surface area contributed by atoms with Gasteiger partial charge < -0.3 is 10.1 Å². The largest absolute Gasteiger partial charge is 0.465 e. The standard InChI is InChI=1S/C14H14N2O3S/c1-8-5-4-6-15-11(8)12(17)16-13-10(14(18)19-3)9(2)7-20-13/h4-7H,1-3H3,(H,16,17). The van der Waals surface area contributed by atoms with E-state index < -0.39 is 5.97 Å². The molecule has 2 aromatic heterocycles. The lowest BCUT2D eigenvalue weighted by atomic mass is 10.2. The maximum atomic E-state index is 12.2. The van der Waals surface area contributed by atoms with Gasteiger partial charge in [-0.25, -0.2) is 4.79 Å². The summed E-state index contributed by atoms with van der Waals surface area (Å²) in [4.78, 5) is 28.0. The van der Waals surface area contributed by atoms with E-state index in [4.69, 9.17) is 4.74 Å². The first-order valence-electron chi connectivity index (χ1n) is 5.94. The van der Waals surface area contributed by atoms with Gasteiger partial charge >= 0.3 is 5.97 Å². The van der Waals surface area contributed by atoms with Crippen LogP contribution in [0.2, 0.25) is 0 Å². The highest BCUT2D eigenvalue weighted by Crippen LogP contribution is 2.28. The summed E-state index contributed by atoms with van der Waals surface area (Å²) in [6.45, 7) is 3.60. The third-order valence-corrected chi connectivity index (χ3v) is 3.83. The number of esters is 1. The van der Waals surface area contributed by atoms with E-state index in [0.29, 0.717) is 16.3 Å². The predicted octanol–water partition coefficient (Wildman–Crippen LogP) is 2.80. The smallest absolute Gasteiger partial charge is 0.341 e. The number of anilines is 1. The fraction of sp³-hybridized carbons (Fsp3) is 0.214. The van der Waals surface area contributed by atoms with Crippen molar-refractivity contribution in [3.63, 3.8) is 0 Å². The minimum atomic E-state index is -0.461. The van der Waals surface area contributed by atoms with Crippen LogP contribution in [0, 0.1) is 13.8 Å². The van der Waals surface area contributed by atoms with Crippen molar-refractivity contribution in [1.29, 1.82) is 0 Å². The van der Waals surface area contributed by atoms with E-state index in [1.807, 2.05) is 13.0 Å². The summed E-state index contributed by atoms with van der Waals surface area (Å²) in [5.74, 6) is -0.799. The van der Waals surface area contributed by atoms with Crippen molar-refractivity contribution in [2.24, 2.45) is 0 Å². The molecule has 5 nitrogen and oxygen atoms in total. The van der Waals surface area contributed by atoms with E-state index in [1.165, 1.54) is 18.4 Å². The molecule has 2 heterocycles. The summed E-state index contributed by atoms with van der Waals surface area (Å²) in [7, 11) is 1.31. The first-order valence-corrected chi connectivity index (χ1v) is 6.82. The maximum absolute atomic E-state index is 12.2. The Morgan fingerprint density at radius 3 is 2.70 bits per heavy atom. The SMILES string of the molecule is COC(=O)c1c(C)csc1NC(=O)c1ncccc1C. The number of hydrogen-bond donors (Lipinski definition) is 1. The summed E-state index contributed by atoms with van der Waals surface area (Å²) >= 11 is 1.29. The van der Waals surface area contributed by atoms with Crippen LogP contribution in [0.4, 0.5) is 5.00 Å². The van der Waals surface area contributed by atoms with Crippen molar-refractivity contribution in [3.05, 3.63) is 46.1 Å². The minimum absolute atomic E-state index is 0.338. The highest BCUT2D eigenvalue weighted by Gasteiger charge is 2.20. The molecule has 0 saturated heterocycles. The van der Waals surface area contributed by atoms with Gasteiger partial charge in [-0.3, -0.25) is 9.78 Å². The van der Waals surface area contributed by atoms with Crippen LogP contribution in [0.25, 0.3) is 0 Å². The van der Waals surface area contributed by atoms with Crippen LogP contribution in [-0.4, -0.2) is 24.0 Å². The Balaban J connectivity index is 2.30. The van der Waals surface area contributed by atoms with Crippen LogP contribution in [0.3, 0.4) is 0 Å². The number of nitrogens with zero attached hydrogens (tertiary/aromatic N) is 1. The van der Waals surface area contributed by atoms with E-state index in [9.17, 15) is 9.59 Å². The molecule has 104 valence electrons. The van der Waals surface area contributed by atoms with Crippen molar-refractivity contribution in [2.75, 3.05) is 12.4 Å². The minimum Gasteiger partial charge on any atom is -0.465 e. The number of carbonyl (C=O) groups is 2. The number of aryl methyl sites for hydroxylation is 2. The van der Waals surface area contributed by atoms with E-state index in [-0.39, 0.29) is 5.91 Å². The number of carbonyl (C=O) groups excluding carboxylic acids is 2. The molecule has 0 spiro atoms. The van der Waals surface area contributed by atoms with Gasteiger partial charge in [0.1, 0.15) is 10.7 Å². The monoisotopic (exact) mass is 290 g/mol. The van der Waals surface area contributed by atoms with Crippen molar-refractivity contribution >= 4 is 28.2 Å². The summed E-state index contributed by atoms with van der Waals surface area (Å²) in [6, 6.07) is 3.57. The van der Waals surface area contributed by atoms with Crippen molar-refractivity contribution in [2.45, 2.75) is 13.8 Å². The number of thiophene rings is 1. The molecule has 0 saturated carbocycles. The molecular weight excluding hydrogens is 276 g/mol. The molecule has 0 aliphatic carbocycles. The molecule has 1 amide bonds. The Morgan fingerprint density at radius 1 is 1.30 bits per heavy atom. The second-order valence-corrected chi connectivity index (χ2v) is 5.12. The molecule has 0 aliphatic rings. The highest BCUT2D eigenvalue weighted by molar-refractivity contribution is 7.15. The molecule has 0 aliphatic heterocycles. The van der Waals surface area contributed by atoms with E-state index in [1.54, 1.807) is 24.6 Å². The number of nitrogens with one attached hydrogen (secondary N) is 1. The molecule has 0 radical (unpaired) electrons. The third kappa shape index (κ3) is 2.70. The molecule has 0 bridgehead atoms. The highest BCUT2D eigenvalue weighted by atomic mass is 32.1. The van der Waals surface area contributed by atoms with Crippen LogP contribution in [0.15, 0.2) is 23.7 Å². The number of aromatic nitrogens is 1. The fourth-order valence-electron chi connectivity index (χ4n) is 1.78. The summed E-state index contributed by atoms with van der Waals surface area (Å²) in [5, 5.41) is 5.00. The molecule has 0 atom stereocenters. The van der Waals surface area contributed by atoms with Gasteiger partial charge in [-0.15, -0.1) is 11.3 Å². The normalized spacial score (nSPS) is 10.2. The number of ether oxygens (including phenoxy) is 1. The first-order chi connectivity index (χ1) is 9.54. The first kappa shape index (κ1) is 14.2. The zero-order valence-electron chi connectivity index (χ0n) is 11.4. The number of amides is 1. The summed E-state index contributed by atoms with van der Waals surface area (Å²) in [5.41, 5.74) is 2.28. The zero-order chi connectivity index (χ0) is 14.7. The zero-order valence-corrected chi connectivity index (χ0v) is 12.2. The molecular formula is C14H14N2O3S. The molecule has 20 heavy (non-hydrogen) atoms. The van der Waals surface area contributed by atoms with Gasteiger partial charge in [0, 0.05) is 6.20 Å². The molecule has 2 aromatic rings. The Bertz CT molecular complexity index is 664. The summed E-state index contributed by atoms with van der Waals surface area (Å²) in [6.07, 6.45) is 1.56. The summed E-state index contributed by atoms with van der Waals surface area (Å²) < 4.78 is 4.73. The molecule has 6 heteroatoms. The Hall–Kier alpha value is -2.21. The number of pyridine rings is 1. The van der Waals surface area contributed by atoms with Crippen molar-refractivity contribution < 1.29 is 14.3 Å². The Morgan fingerprint density at radius 2 is 2.05 bits per heavy atom. The second kappa shape index (κ2) is 5.83. The number of methoxy groups -OCH3 is 1. The van der Waals surface area contributed by atoms with Gasteiger partial charge in [0.25, 0.3) is 5.91 Å². The molecule has 1 N–H and O–H groups in total. The van der Waals surface area contributed by atoms with Crippen LogP contribution in [0.5, 0.6) is 0 Å². The van der Waals surface area contributed by atoms with Crippen LogP contribution in [0.1, 0.15) is 32.0 Å². The second-order valence-electron chi connectivity index (χ2n) is 4.24. The molecule has 0 fully saturated rings. The maximum Gasteiger partial charge on any atom is 0.341 e. The average molecular weight is 290 g/mol. The van der Waals surface area contributed by atoms with Crippen molar-refractivity contribution in [3.8, 4) is 0 Å². The lowest BCUT2D eigenvalue weighted by Gasteiger charge is -2.07. The van der Waals surface area contributed by atoms with Gasteiger partial charge in [-0.2, -0.15) is 0 Å². The molecule has 0 aromatic carbocycles. The lowest BCUT2D eigenvalue weighted by molar-refractivity contribution is 0.0601. The van der Waals surface area contributed by atoms with Gasteiger partial charge in [0.05, 0.1) is 12.7 Å².